The molecule has 1 aromatic rings. The van der Waals surface area contributed by atoms with E-state index in [-0.39, 0.29) is 31.8 Å². The Bertz CT molecular complexity index is 655. The SMILES string of the molecule is CCOC(=O)N(/C=C(/C#N)C(=O)NCc1ccccc1Cl)CCN. The fraction of sp³-hybridized carbons (Fsp3) is 0.312. The summed E-state index contributed by atoms with van der Waals surface area (Å²) >= 11 is 6.01. The minimum absolute atomic E-state index is 0.127. The van der Waals surface area contributed by atoms with Crippen molar-refractivity contribution in [2.24, 2.45) is 5.73 Å². The summed E-state index contributed by atoms with van der Waals surface area (Å²) in [5.41, 5.74) is 5.92. The number of ether oxygens (including phenoxy) is 1. The lowest BCUT2D eigenvalue weighted by molar-refractivity contribution is -0.117. The summed E-state index contributed by atoms with van der Waals surface area (Å²) in [5, 5.41) is 12.3. The first-order chi connectivity index (χ1) is 11.5. The maximum absolute atomic E-state index is 12.1. The van der Waals surface area contributed by atoms with Gasteiger partial charge in [-0.15, -0.1) is 0 Å². The van der Waals surface area contributed by atoms with Gasteiger partial charge in [0.25, 0.3) is 5.91 Å². The Balaban J connectivity index is 2.82. The first kappa shape index (κ1) is 19.5. The van der Waals surface area contributed by atoms with Crippen molar-refractivity contribution in [3.8, 4) is 6.07 Å². The summed E-state index contributed by atoms with van der Waals surface area (Å²) in [5.74, 6) is -0.622. The number of nitrogens with zero attached hydrogens (tertiary/aromatic N) is 2. The normalized spacial score (nSPS) is 10.7. The Morgan fingerprint density at radius 2 is 2.17 bits per heavy atom. The molecular formula is C16H19ClN4O3. The van der Waals surface area contributed by atoms with E-state index in [1.807, 2.05) is 0 Å². The van der Waals surface area contributed by atoms with Crippen LogP contribution in [0.4, 0.5) is 4.79 Å². The molecule has 0 atom stereocenters. The second-order valence-corrected chi connectivity index (χ2v) is 5.02. The van der Waals surface area contributed by atoms with Crippen molar-refractivity contribution >= 4 is 23.6 Å². The number of carbonyl (C=O) groups is 2. The van der Waals surface area contributed by atoms with Crippen LogP contribution in [0.5, 0.6) is 0 Å². The Kier molecular flexibility index (Phi) is 8.33. The lowest BCUT2D eigenvalue weighted by atomic mass is 10.2. The summed E-state index contributed by atoms with van der Waals surface area (Å²) in [6.45, 7) is 2.28. The number of benzene rings is 1. The third kappa shape index (κ3) is 5.91. The molecule has 0 radical (unpaired) electrons. The van der Waals surface area contributed by atoms with E-state index in [1.165, 1.54) is 0 Å². The summed E-state index contributed by atoms with van der Waals surface area (Å²) in [7, 11) is 0. The third-order valence-electron chi connectivity index (χ3n) is 2.92. The molecule has 24 heavy (non-hydrogen) atoms. The maximum atomic E-state index is 12.1. The van der Waals surface area contributed by atoms with Crippen LogP contribution in [-0.2, 0) is 16.1 Å². The average Bonchev–Trinajstić information content (AvgIpc) is 2.57. The van der Waals surface area contributed by atoms with Crippen LogP contribution >= 0.6 is 11.6 Å². The van der Waals surface area contributed by atoms with Crippen molar-refractivity contribution in [1.29, 1.82) is 5.26 Å². The predicted octanol–water partition coefficient (Wildman–Crippen LogP) is 1.78. The zero-order valence-corrected chi connectivity index (χ0v) is 14.0. The molecule has 0 aliphatic rings. The highest BCUT2D eigenvalue weighted by atomic mass is 35.5. The highest BCUT2D eigenvalue weighted by Gasteiger charge is 2.16. The molecular weight excluding hydrogens is 332 g/mol. The number of carbonyl (C=O) groups excluding carboxylic acids is 2. The van der Waals surface area contributed by atoms with Crippen molar-refractivity contribution in [3.63, 3.8) is 0 Å². The lowest BCUT2D eigenvalue weighted by Crippen LogP contribution is -2.33. The molecule has 0 unspecified atom stereocenters. The van der Waals surface area contributed by atoms with Crippen LogP contribution in [0.1, 0.15) is 12.5 Å². The van der Waals surface area contributed by atoms with Gasteiger partial charge in [-0.05, 0) is 18.6 Å². The molecule has 1 aromatic carbocycles. The first-order valence-electron chi connectivity index (χ1n) is 7.30. The van der Waals surface area contributed by atoms with Crippen LogP contribution in [-0.4, -0.2) is 36.6 Å². The quantitative estimate of drug-likeness (QED) is 0.575. The lowest BCUT2D eigenvalue weighted by Gasteiger charge is -2.17. The van der Waals surface area contributed by atoms with Gasteiger partial charge in [0.05, 0.1) is 6.61 Å². The minimum atomic E-state index is -0.672. The number of hydrogen-bond donors (Lipinski definition) is 2. The molecule has 1 rings (SSSR count). The largest absolute Gasteiger partial charge is 0.449 e. The number of halogens is 1. The highest BCUT2D eigenvalue weighted by molar-refractivity contribution is 6.31. The Hall–Kier alpha value is -2.56. The van der Waals surface area contributed by atoms with Gasteiger partial charge in [-0.3, -0.25) is 9.69 Å². The predicted molar refractivity (Wildman–Crippen MR) is 89.8 cm³/mol. The van der Waals surface area contributed by atoms with Gasteiger partial charge in [0.2, 0.25) is 0 Å². The Morgan fingerprint density at radius 1 is 1.46 bits per heavy atom. The number of nitrogens with two attached hydrogens (primary N) is 1. The van der Waals surface area contributed by atoms with Crippen LogP contribution in [0.15, 0.2) is 36.0 Å². The zero-order chi connectivity index (χ0) is 17.9. The molecule has 7 nitrogen and oxygen atoms in total. The summed E-state index contributed by atoms with van der Waals surface area (Å²) < 4.78 is 4.86. The number of rotatable bonds is 7. The summed E-state index contributed by atoms with van der Waals surface area (Å²) in [6, 6.07) is 8.79. The Labute approximate surface area is 145 Å². The molecule has 0 aromatic heterocycles. The van der Waals surface area contributed by atoms with Gasteiger partial charge < -0.3 is 15.8 Å². The maximum Gasteiger partial charge on any atom is 0.413 e. The average molecular weight is 351 g/mol. The summed E-state index contributed by atoms with van der Waals surface area (Å²) in [4.78, 5) is 25.0. The molecule has 0 heterocycles. The molecule has 128 valence electrons. The topological polar surface area (TPSA) is 108 Å². The second-order valence-electron chi connectivity index (χ2n) is 4.61. The zero-order valence-electron chi connectivity index (χ0n) is 13.3. The fourth-order valence-corrected chi connectivity index (χ4v) is 1.96. The molecule has 0 aliphatic heterocycles. The third-order valence-corrected chi connectivity index (χ3v) is 3.29. The van der Waals surface area contributed by atoms with E-state index in [4.69, 9.17) is 27.3 Å². The van der Waals surface area contributed by atoms with Crippen molar-refractivity contribution in [2.75, 3.05) is 19.7 Å². The number of nitriles is 1. The van der Waals surface area contributed by atoms with Crippen LogP contribution in [0, 0.1) is 11.3 Å². The standard InChI is InChI=1S/C16H19ClN4O3/c1-2-24-16(23)21(8-7-18)11-13(9-19)15(22)20-10-12-5-3-4-6-14(12)17/h3-6,11H,2,7-8,10,18H2,1H3,(H,20,22)/b13-11-. The molecule has 8 heteroatoms. The number of nitrogens with one attached hydrogen (secondary N) is 1. The van der Waals surface area contributed by atoms with E-state index in [9.17, 15) is 9.59 Å². The van der Waals surface area contributed by atoms with E-state index in [1.54, 1.807) is 37.3 Å². The highest BCUT2D eigenvalue weighted by Crippen LogP contribution is 2.14. The van der Waals surface area contributed by atoms with Gasteiger partial charge in [0.1, 0.15) is 11.6 Å². The van der Waals surface area contributed by atoms with Gasteiger partial charge >= 0.3 is 6.09 Å². The van der Waals surface area contributed by atoms with E-state index in [0.717, 1.165) is 11.1 Å². The number of amides is 2. The van der Waals surface area contributed by atoms with Crippen molar-refractivity contribution < 1.29 is 14.3 Å². The van der Waals surface area contributed by atoms with Gasteiger partial charge in [-0.2, -0.15) is 5.26 Å². The molecule has 0 saturated carbocycles. The molecule has 0 bridgehead atoms. The van der Waals surface area contributed by atoms with Crippen molar-refractivity contribution in [3.05, 3.63) is 46.6 Å². The molecule has 3 N–H and O–H groups in total. The van der Waals surface area contributed by atoms with Gasteiger partial charge in [-0.25, -0.2) is 4.79 Å². The fourth-order valence-electron chi connectivity index (χ4n) is 1.76. The van der Waals surface area contributed by atoms with Gasteiger partial charge in [0, 0.05) is 30.9 Å². The molecule has 0 spiro atoms. The van der Waals surface area contributed by atoms with Crippen molar-refractivity contribution in [1.82, 2.24) is 10.2 Å². The summed E-state index contributed by atoms with van der Waals surface area (Å²) in [6.07, 6.45) is 0.460. The van der Waals surface area contributed by atoms with E-state index in [2.05, 4.69) is 5.32 Å². The van der Waals surface area contributed by atoms with Crippen LogP contribution < -0.4 is 11.1 Å². The second kappa shape index (κ2) is 10.3. The molecule has 0 saturated heterocycles. The molecule has 0 fully saturated rings. The van der Waals surface area contributed by atoms with Gasteiger partial charge in [0.15, 0.2) is 0 Å². The smallest absolute Gasteiger partial charge is 0.413 e. The van der Waals surface area contributed by atoms with Crippen molar-refractivity contribution in [2.45, 2.75) is 13.5 Å². The van der Waals surface area contributed by atoms with Crippen LogP contribution in [0.3, 0.4) is 0 Å². The first-order valence-corrected chi connectivity index (χ1v) is 7.68. The Morgan fingerprint density at radius 3 is 2.75 bits per heavy atom. The minimum Gasteiger partial charge on any atom is -0.449 e. The van der Waals surface area contributed by atoms with E-state index >= 15 is 0 Å². The molecule has 2 amide bonds. The van der Waals surface area contributed by atoms with Gasteiger partial charge in [-0.1, -0.05) is 29.8 Å². The van der Waals surface area contributed by atoms with E-state index < -0.39 is 12.0 Å². The van der Waals surface area contributed by atoms with Crippen LogP contribution in [0.25, 0.3) is 0 Å². The monoisotopic (exact) mass is 350 g/mol. The molecule has 0 aliphatic carbocycles. The van der Waals surface area contributed by atoms with Crippen LogP contribution in [0.2, 0.25) is 5.02 Å². The number of hydrogen-bond acceptors (Lipinski definition) is 5. The van der Waals surface area contributed by atoms with E-state index in [0.29, 0.717) is 10.6 Å².